The highest BCUT2D eigenvalue weighted by Gasteiger charge is 2.45. The second kappa shape index (κ2) is 12.8. The number of nitrogens with two attached hydrogens (primary N) is 2. The molecule has 0 saturated carbocycles. The average Bonchev–Trinajstić information content (AvgIpc) is 2.82. The lowest BCUT2D eigenvalue weighted by Crippen LogP contribution is -2.58. The number of amides is 4. The van der Waals surface area contributed by atoms with Gasteiger partial charge in [0.2, 0.25) is 23.6 Å². The number of carbonyl (C=O) groups excluding carboxylic acids is 4. The Morgan fingerprint density at radius 1 is 1.03 bits per heavy atom. The molecule has 35 heavy (non-hydrogen) atoms. The van der Waals surface area contributed by atoms with E-state index in [1.807, 2.05) is 0 Å². The highest BCUT2D eigenvalue weighted by atomic mass is 16.4. The molecule has 4 amide bonds. The first-order chi connectivity index (χ1) is 16.6. The zero-order valence-corrected chi connectivity index (χ0v) is 20.0. The van der Waals surface area contributed by atoms with Crippen molar-refractivity contribution in [3.05, 3.63) is 35.9 Å². The van der Waals surface area contributed by atoms with Crippen molar-refractivity contribution in [2.75, 3.05) is 19.6 Å². The van der Waals surface area contributed by atoms with E-state index < -0.39 is 41.7 Å². The Hall–Kier alpha value is -3.47. The molecule has 2 rings (SSSR count). The van der Waals surface area contributed by atoms with Gasteiger partial charge in [-0.1, -0.05) is 30.3 Å². The van der Waals surface area contributed by atoms with Gasteiger partial charge in [-0.3, -0.25) is 19.2 Å². The van der Waals surface area contributed by atoms with E-state index in [0.29, 0.717) is 24.9 Å². The molecular weight excluding hydrogens is 454 g/mol. The number of nitrogens with zero attached hydrogens (tertiary/aromatic N) is 1. The van der Waals surface area contributed by atoms with Gasteiger partial charge < -0.3 is 32.1 Å². The van der Waals surface area contributed by atoms with Crippen LogP contribution in [0, 0.1) is 0 Å². The van der Waals surface area contributed by atoms with Crippen molar-refractivity contribution in [2.45, 2.75) is 62.9 Å². The van der Waals surface area contributed by atoms with Crippen LogP contribution in [0.3, 0.4) is 0 Å². The molecule has 0 bridgehead atoms. The maximum absolute atomic E-state index is 13.4. The predicted octanol–water partition coefficient (Wildman–Crippen LogP) is -0.375. The van der Waals surface area contributed by atoms with Crippen LogP contribution in [0.2, 0.25) is 0 Å². The number of hydrogen-bond acceptors (Lipinski definition) is 6. The summed E-state index contributed by atoms with van der Waals surface area (Å²) in [7, 11) is 0. The zero-order valence-electron chi connectivity index (χ0n) is 20.0. The number of piperidine rings is 1. The van der Waals surface area contributed by atoms with Gasteiger partial charge in [0.25, 0.3) is 0 Å². The Morgan fingerprint density at radius 3 is 2.17 bits per heavy atom. The number of primary amides is 1. The van der Waals surface area contributed by atoms with E-state index in [1.165, 1.54) is 6.92 Å². The smallest absolute Gasteiger partial charge is 0.326 e. The Bertz CT molecular complexity index is 914. The maximum atomic E-state index is 13.4. The van der Waals surface area contributed by atoms with Gasteiger partial charge in [0, 0.05) is 20.0 Å². The molecule has 2 atom stereocenters. The minimum atomic E-state index is -1.45. The highest BCUT2D eigenvalue weighted by Crippen LogP contribution is 2.36. The van der Waals surface area contributed by atoms with Crippen LogP contribution in [0.15, 0.2) is 30.3 Å². The first-order valence-electron chi connectivity index (χ1n) is 11.7. The normalized spacial score (nSPS) is 16.6. The topological polar surface area (TPSA) is 185 Å². The quantitative estimate of drug-likeness (QED) is 0.248. The molecule has 1 saturated heterocycles. The lowest BCUT2D eigenvalue weighted by molar-refractivity contribution is -0.145. The molecule has 0 unspecified atom stereocenters. The first-order valence-corrected chi connectivity index (χ1v) is 11.7. The molecule has 1 aliphatic heterocycles. The van der Waals surface area contributed by atoms with Crippen LogP contribution in [-0.4, -0.2) is 71.3 Å². The third-order valence-electron chi connectivity index (χ3n) is 6.32. The van der Waals surface area contributed by atoms with Gasteiger partial charge in [-0.05, 0) is 44.2 Å². The number of benzene rings is 1. The van der Waals surface area contributed by atoms with Crippen molar-refractivity contribution in [1.29, 1.82) is 0 Å². The fraction of sp³-hybridized carbons (Fsp3) is 0.542. The lowest BCUT2D eigenvalue weighted by atomic mass is 9.71. The molecule has 11 heteroatoms. The van der Waals surface area contributed by atoms with Crippen molar-refractivity contribution < 1.29 is 29.1 Å². The Balaban J connectivity index is 2.23. The molecule has 0 spiro atoms. The number of hydrogen-bond donors (Lipinski definition) is 5. The van der Waals surface area contributed by atoms with E-state index >= 15 is 0 Å². The summed E-state index contributed by atoms with van der Waals surface area (Å²) in [5.74, 6) is -3.27. The summed E-state index contributed by atoms with van der Waals surface area (Å²) >= 11 is 0. The van der Waals surface area contributed by atoms with E-state index in [4.69, 9.17) is 11.5 Å². The molecule has 11 nitrogen and oxygen atoms in total. The number of carbonyl (C=O) groups is 5. The third kappa shape index (κ3) is 7.51. The average molecular weight is 490 g/mol. The first kappa shape index (κ1) is 27.8. The Kier molecular flexibility index (Phi) is 10.2. The summed E-state index contributed by atoms with van der Waals surface area (Å²) in [6, 6.07) is 6.81. The van der Waals surface area contributed by atoms with Crippen molar-refractivity contribution in [3.63, 3.8) is 0 Å². The monoisotopic (exact) mass is 489 g/mol. The lowest BCUT2D eigenvalue weighted by Gasteiger charge is -2.42. The number of nitrogens with one attached hydrogen (secondary N) is 2. The van der Waals surface area contributed by atoms with Crippen molar-refractivity contribution >= 4 is 29.6 Å². The molecule has 0 radical (unpaired) electrons. The van der Waals surface area contributed by atoms with Crippen LogP contribution in [0.4, 0.5) is 0 Å². The minimum Gasteiger partial charge on any atom is -0.480 e. The molecule has 1 heterocycles. The summed E-state index contributed by atoms with van der Waals surface area (Å²) in [5.41, 5.74) is 10.3. The second-order valence-corrected chi connectivity index (χ2v) is 8.85. The molecule has 192 valence electrons. The standard InChI is InChI=1S/C24H35N5O6/c1-16(30)27-18(9-5-6-12-25)21(32)29-13-10-24(11-14-29,17-7-3-2-4-8-17)23(35)28-19(22(33)34)15-20(26)31/h2-4,7-8,18-19H,5-6,9-15,25H2,1H3,(H2,26,31)(H,27,30)(H,28,35)(H,33,34)/t18-,19-/m0/s1. The van der Waals surface area contributed by atoms with E-state index in [1.54, 1.807) is 35.2 Å². The third-order valence-corrected chi connectivity index (χ3v) is 6.32. The number of likely N-dealkylation sites (tertiary alicyclic amines) is 1. The van der Waals surface area contributed by atoms with Gasteiger partial charge >= 0.3 is 5.97 Å². The molecule has 0 aromatic heterocycles. The van der Waals surface area contributed by atoms with Crippen LogP contribution >= 0.6 is 0 Å². The van der Waals surface area contributed by atoms with Crippen LogP contribution < -0.4 is 22.1 Å². The summed E-state index contributed by atoms with van der Waals surface area (Å²) in [5, 5.41) is 14.6. The fourth-order valence-corrected chi connectivity index (χ4v) is 4.43. The van der Waals surface area contributed by atoms with Crippen LogP contribution in [-0.2, 0) is 29.4 Å². The zero-order chi connectivity index (χ0) is 26.0. The Morgan fingerprint density at radius 2 is 1.66 bits per heavy atom. The molecular formula is C24H35N5O6. The number of aliphatic carboxylic acids is 1. The van der Waals surface area contributed by atoms with Crippen LogP contribution in [0.25, 0.3) is 0 Å². The SMILES string of the molecule is CC(=O)N[C@@H](CCCCN)C(=O)N1CCC(C(=O)N[C@@H](CC(N)=O)C(=O)O)(c2ccccc2)CC1. The van der Waals surface area contributed by atoms with Crippen molar-refractivity contribution in [1.82, 2.24) is 15.5 Å². The summed E-state index contributed by atoms with van der Waals surface area (Å²) in [4.78, 5) is 62.8. The fourth-order valence-electron chi connectivity index (χ4n) is 4.43. The van der Waals surface area contributed by atoms with E-state index in [2.05, 4.69) is 10.6 Å². The van der Waals surface area contributed by atoms with Gasteiger partial charge in [0.05, 0.1) is 11.8 Å². The molecule has 0 aliphatic carbocycles. The molecule has 1 fully saturated rings. The van der Waals surface area contributed by atoms with Gasteiger partial charge in [0.15, 0.2) is 0 Å². The van der Waals surface area contributed by atoms with Gasteiger partial charge in [-0.2, -0.15) is 0 Å². The van der Waals surface area contributed by atoms with Crippen molar-refractivity contribution in [2.24, 2.45) is 11.5 Å². The molecule has 7 N–H and O–H groups in total. The van der Waals surface area contributed by atoms with Crippen LogP contribution in [0.1, 0.15) is 51.0 Å². The van der Waals surface area contributed by atoms with Gasteiger partial charge in [-0.15, -0.1) is 0 Å². The van der Waals surface area contributed by atoms with Crippen LogP contribution in [0.5, 0.6) is 0 Å². The van der Waals surface area contributed by atoms with Crippen molar-refractivity contribution in [3.8, 4) is 0 Å². The van der Waals surface area contributed by atoms with Gasteiger partial charge in [-0.25, -0.2) is 4.79 Å². The van der Waals surface area contributed by atoms with E-state index in [-0.39, 0.29) is 37.7 Å². The maximum Gasteiger partial charge on any atom is 0.326 e. The second-order valence-electron chi connectivity index (χ2n) is 8.85. The number of carboxylic acids is 1. The number of carboxylic acid groups (broad SMARTS) is 1. The minimum absolute atomic E-state index is 0.226. The molecule has 1 aromatic carbocycles. The van der Waals surface area contributed by atoms with E-state index in [0.717, 1.165) is 6.42 Å². The number of unbranched alkanes of at least 4 members (excludes halogenated alkanes) is 1. The highest BCUT2D eigenvalue weighted by molar-refractivity contribution is 5.94. The largest absolute Gasteiger partial charge is 0.480 e. The van der Waals surface area contributed by atoms with E-state index in [9.17, 15) is 29.1 Å². The molecule has 1 aromatic rings. The Labute approximate surface area is 204 Å². The number of rotatable bonds is 12. The summed E-state index contributed by atoms with van der Waals surface area (Å²) in [6.07, 6.45) is 1.84. The predicted molar refractivity (Wildman–Crippen MR) is 128 cm³/mol. The summed E-state index contributed by atoms with van der Waals surface area (Å²) < 4.78 is 0. The summed E-state index contributed by atoms with van der Waals surface area (Å²) in [6.45, 7) is 2.32. The molecule has 1 aliphatic rings. The van der Waals surface area contributed by atoms with Gasteiger partial charge in [0.1, 0.15) is 12.1 Å².